The summed E-state index contributed by atoms with van der Waals surface area (Å²) in [5.41, 5.74) is 8.86. The topological polar surface area (TPSA) is 62.3 Å². The lowest BCUT2D eigenvalue weighted by Gasteiger charge is -2.27. The number of nitrogens with two attached hydrogens (primary N) is 1. The summed E-state index contributed by atoms with van der Waals surface area (Å²) in [6.07, 6.45) is 1.11. The van der Waals surface area contributed by atoms with Crippen molar-refractivity contribution in [3.63, 3.8) is 0 Å². The van der Waals surface area contributed by atoms with E-state index in [0.717, 1.165) is 42.9 Å². The highest BCUT2D eigenvalue weighted by molar-refractivity contribution is 7.10. The number of hydrogen-bond acceptors (Lipinski definition) is 4. The minimum atomic E-state index is 0.0951. The number of methoxy groups -OCH3 is 1. The maximum absolute atomic E-state index is 7.58. The smallest absolute Gasteiger partial charge is 0.123 e. The number of thiophene rings is 1. The van der Waals surface area contributed by atoms with E-state index in [1.54, 1.807) is 7.11 Å². The first-order valence-electron chi connectivity index (χ1n) is 6.96. The van der Waals surface area contributed by atoms with Gasteiger partial charge in [-0.2, -0.15) is 0 Å². The number of nitrogens with one attached hydrogen (secondary N) is 1. The van der Waals surface area contributed by atoms with E-state index in [1.807, 2.05) is 29.5 Å². The number of ether oxygens (including phenoxy) is 1. The monoisotopic (exact) mass is 301 g/mol. The zero-order chi connectivity index (χ0) is 14.8. The van der Waals surface area contributed by atoms with E-state index in [2.05, 4.69) is 16.3 Å². The molecule has 2 aromatic rings. The predicted octanol–water partition coefficient (Wildman–Crippen LogP) is 2.60. The minimum absolute atomic E-state index is 0.0951. The number of hydrogen-bond donors (Lipinski definition) is 2. The minimum Gasteiger partial charge on any atom is -0.496 e. The molecule has 0 unspecified atom stereocenters. The van der Waals surface area contributed by atoms with Crippen molar-refractivity contribution in [1.82, 2.24) is 4.90 Å². The second-order valence-corrected chi connectivity index (χ2v) is 6.27. The van der Waals surface area contributed by atoms with E-state index in [-0.39, 0.29) is 5.84 Å². The molecule has 4 nitrogen and oxygen atoms in total. The molecule has 110 valence electrons. The molecule has 1 aliphatic rings. The average molecular weight is 301 g/mol. The van der Waals surface area contributed by atoms with Crippen LogP contribution >= 0.6 is 11.3 Å². The average Bonchev–Trinajstić information content (AvgIpc) is 2.94. The van der Waals surface area contributed by atoms with Gasteiger partial charge >= 0.3 is 0 Å². The maximum Gasteiger partial charge on any atom is 0.123 e. The molecule has 0 amide bonds. The fraction of sp³-hybridized carbons (Fsp3) is 0.312. The lowest BCUT2D eigenvalue weighted by molar-refractivity contribution is 0.243. The molecule has 3 rings (SSSR count). The number of nitrogen functional groups attached to an aromatic ring is 1. The number of nitrogens with zero attached hydrogens (tertiary/aromatic N) is 1. The number of fused-ring (bicyclic) bond motifs is 1. The van der Waals surface area contributed by atoms with Gasteiger partial charge in [-0.3, -0.25) is 10.3 Å². The van der Waals surface area contributed by atoms with Crippen molar-refractivity contribution in [3.8, 4) is 5.75 Å². The third kappa shape index (κ3) is 2.94. The number of rotatable bonds is 4. The van der Waals surface area contributed by atoms with Gasteiger partial charge in [0.1, 0.15) is 11.6 Å². The fourth-order valence-electron chi connectivity index (χ4n) is 2.75. The molecule has 21 heavy (non-hydrogen) atoms. The summed E-state index contributed by atoms with van der Waals surface area (Å²) >= 11 is 1.85. The van der Waals surface area contributed by atoms with Gasteiger partial charge in [0.25, 0.3) is 0 Å². The summed E-state index contributed by atoms with van der Waals surface area (Å²) in [6, 6.07) is 7.91. The lowest BCUT2D eigenvalue weighted by Crippen LogP contribution is -2.29. The molecule has 1 aromatic carbocycles. The zero-order valence-electron chi connectivity index (χ0n) is 12.1. The maximum atomic E-state index is 7.58. The van der Waals surface area contributed by atoms with Crippen LogP contribution in [0.3, 0.4) is 0 Å². The van der Waals surface area contributed by atoms with Gasteiger partial charge < -0.3 is 10.5 Å². The molecule has 0 saturated heterocycles. The first kappa shape index (κ1) is 14.1. The lowest BCUT2D eigenvalue weighted by atomic mass is 10.1. The molecule has 5 heteroatoms. The van der Waals surface area contributed by atoms with Crippen molar-refractivity contribution in [2.24, 2.45) is 5.73 Å². The molecule has 0 radical (unpaired) electrons. The Kier molecular flexibility index (Phi) is 3.94. The van der Waals surface area contributed by atoms with Crippen LogP contribution in [0.5, 0.6) is 5.75 Å². The predicted molar refractivity (Wildman–Crippen MR) is 86.1 cm³/mol. The Bertz CT molecular complexity index is 665. The van der Waals surface area contributed by atoms with Crippen LogP contribution in [-0.2, 0) is 19.5 Å². The number of amidine groups is 1. The quantitative estimate of drug-likeness (QED) is 0.674. The van der Waals surface area contributed by atoms with Gasteiger partial charge in [0.05, 0.1) is 7.11 Å². The zero-order valence-corrected chi connectivity index (χ0v) is 12.9. The third-order valence-corrected chi connectivity index (χ3v) is 4.90. The molecule has 0 atom stereocenters. The molecule has 0 aliphatic carbocycles. The molecule has 0 fully saturated rings. The Balaban J connectivity index is 1.81. The normalized spacial score (nSPS) is 14.7. The summed E-state index contributed by atoms with van der Waals surface area (Å²) in [7, 11) is 1.68. The molecule has 1 aromatic heterocycles. The second-order valence-electron chi connectivity index (χ2n) is 5.27. The van der Waals surface area contributed by atoms with Crippen molar-refractivity contribution in [3.05, 3.63) is 51.2 Å². The van der Waals surface area contributed by atoms with Gasteiger partial charge in [0.2, 0.25) is 0 Å². The van der Waals surface area contributed by atoms with Crippen LogP contribution < -0.4 is 10.5 Å². The Labute approximate surface area is 128 Å². The van der Waals surface area contributed by atoms with Crippen molar-refractivity contribution in [1.29, 1.82) is 5.41 Å². The summed E-state index contributed by atoms with van der Waals surface area (Å²) < 4.78 is 5.44. The largest absolute Gasteiger partial charge is 0.496 e. The first-order chi connectivity index (χ1) is 10.2. The molecule has 1 aliphatic heterocycles. The highest BCUT2D eigenvalue weighted by Gasteiger charge is 2.18. The van der Waals surface area contributed by atoms with Crippen molar-refractivity contribution in [2.45, 2.75) is 19.5 Å². The molecular weight excluding hydrogens is 282 g/mol. The van der Waals surface area contributed by atoms with Crippen LogP contribution in [0.2, 0.25) is 0 Å². The molecule has 0 bridgehead atoms. The van der Waals surface area contributed by atoms with Gasteiger partial charge in [-0.15, -0.1) is 11.3 Å². The van der Waals surface area contributed by atoms with E-state index in [9.17, 15) is 0 Å². The number of benzene rings is 1. The first-order valence-corrected chi connectivity index (χ1v) is 7.84. The third-order valence-electron chi connectivity index (χ3n) is 3.87. The Morgan fingerprint density at radius 2 is 2.29 bits per heavy atom. The van der Waals surface area contributed by atoms with Gasteiger partial charge in [-0.05, 0) is 41.6 Å². The van der Waals surface area contributed by atoms with Crippen LogP contribution in [0.4, 0.5) is 0 Å². The molecular formula is C16H19N3OS. The van der Waals surface area contributed by atoms with Crippen LogP contribution in [-0.4, -0.2) is 24.4 Å². The van der Waals surface area contributed by atoms with E-state index in [4.69, 9.17) is 15.9 Å². The van der Waals surface area contributed by atoms with E-state index in [1.165, 1.54) is 10.4 Å². The van der Waals surface area contributed by atoms with Gasteiger partial charge in [0.15, 0.2) is 0 Å². The van der Waals surface area contributed by atoms with E-state index < -0.39 is 0 Å². The molecule has 3 N–H and O–H groups in total. The van der Waals surface area contributed by atoms with Crippen molar-refractivity contribution < 1.29 is 4.74 Å². The molecule has 0 saturated carbocycles. The van der Waals surface area contributed by atoms with Crippen molar-refractivity contribution >= 4 is 17.2 Å². The molecule has 2 heterocycles. The highest BCUT2D eigenvalue weighted by Crippen LogP contribution is 2.27. The van der Waals surface area contributed by atoms with Gasteiger partial charge in [-0.25, -0.2) is 0 Å². The SMILES string of the molecule is COc1ccc(C(=N)N)cc1CN1CCc2sccc2C1. The summed E-state index contributed by atoms with van der Waals surface area (Å²) in [4.78, 5) is 3.92. The van der Waals surface area contributed by atoms with E-state index >= 15 is 0 Å². The summed E-state index contributed by atoms with van der Waals surface area (Å²) in [5.74, 6) is 0.953. The van der Waals surface area contributed by atoms with Crippen LogP contribution in [0.15, 0.2) is 29.6 Å². The Morgan fingerprint density at radius 3 is 3.05 bits per heavy atom. The fourth-order valence-corrected chi connectivity index (χ4v) is 3.64. The second kappa shape index (κ2) is 5.87. The van der Waals surface area contributed by atoms with Crippen LogP contribution in [0.25, 0.3) is 0 Å². The van der Waals surface area contributed by atoms with Crippen molar-refractivity contribution in [2.75, 3.05) is 13.7 Å². The highest BCUT2D eigenvalue weighted by atomic mass is 32.1. The summed E-state index contributed by atoms with van der Waals surface area (Å²) in [5, 5.41) is 9.75. The van der Waals surface area contributed by atoms with Gasteiger partial charge in [0, 0.05) is 35.6 Å². The van der Waals surface area contributed by atoms with E-state index in [0.29, 0.717) is 0 Å². The van der Waals surface area contributed by atoms with Crippen LogP contribution in [0, 0.1) is 5.41 Å². The summed E-state index contributed by atoms with van der Waals surface area (Å²) in [6.45, 7) is 2.85. The Hall–Kier alpha value is -1.85. The van der Waals surface area contributed by atoms with Gasteiger partial charge in [-0.1, -0.05) is 0 Å². The molecule has 0 spiro atoms. The van der Waals surface area contributed by atoms with Crippen LogP contribution in [0.1, 0.15) is 21.6 Å². The standard InChI is InChI=1S/C16H19N3OS/c1-20-14-3-2-11(16(17)18)8-13(14)10-19-6-4-15-12(9-19)5-7-21-15/h2-3,5,7-8H,4,6,9-10H2,1H3,(H3,17,18). The Morgan fingerprint density at radius 1 is 1.43 bits per heavy atom.